The minimum atomic E-state index is 0.0689. The fraction of sp³-hybridized carbons (Fsp3) is 0.375. The number of hydrogen-bond acceptors (Lipinski definition) is 2. The summed E-state index contributed by atoms with van der Waals surface area (Å²) in [5, 5.41) is 4.71. The standard InChI is InChI=1S/C24H29N2O/c1-16(2)20-12-9-13-21(17(3)4)24(20)25-18(5)14-23-26-22(15-27-23)19-10-7-6-8-11-19/h6-14,16-17,22H,15H2,1-5H3/q-1/b23-14-,25-18?/t22-/m1/s1. The monoisotopic (exact) mass is 361 g/mol. The molecule has 27 heavy (non-hydrogen) atoms. The van der Waals surface area contributed by atoms with E-state index in [1.54, 1.807) is 0 Å². The molecule has 3 heteroatoms. The van der Waals surface area contributed by atoms with Crippen LogP contribution in [0.25, 0.3) is 5.32 Å². The van der Waals surface area contributed by atoms with Gasteiger partial charge in [0.1, 0.15) is 0 Å². The van der Waals surface area contributed by atoms with Crippen LogP contribution < -0.4 is 0 Å². The molecule has 1 fully saturated rings. The molecule has 0 radical (unpaired) electrons. The first kappa shape index (κ1) is 19.2. The van der Waals surface area contributed by atoms with Crippen molar-refractivity contribution in [2.24, 2.45) is 4.99 Å². The van der Waals surface area contributed by atoms with Gasteiger partial charge in [-0.3, -0.25) is 4.99 Å². The molecule has 1 atom stereocenters. The first-order valence-electron chi connectivity index (χ1n) is 9.74. The number of nitrogens with zero attached hydrogens (tertiary/aromatic N) is 2. The first-order chi connectivity index (χ1) is 13.0. The minimum Gasteiger partial charge on any atom is -0.645 e. The number of hydrogen-bond donors (Lipinski definition) is 0. The molecule has 0 aliphatic carbocycles. The normalized spacial score (nSPS) is 18.9. The second-order valence-corrected chi connectivity index (χ2v) is 7.70. The summed E-state index contributed by atoms with van der Waals surface area (Å²) in [6.07, 6.45) is 1.95. The van der Waals surface area contributed by atoms with Crippen LogP contribution in [-0.4, -0.2) is 12.3 Å². The predicted molar refractivity (Wildman–Crippen MR) is 114 cm³/mol. The Labute approximate surface area is 163 Å². The molecule has 0 amide bonds. The summed E-state index contributed by atoms with van der Waals surface area (Å²) in [5.41, 5.74) is 5.76. The molecule has 0 bridgehead atoms. The van der Waals surface area contributed by atoms with Crippen molar-refractivity contribution in [3.05, 3.63) is 82.5 Å². The van der Waals surface area contributed by atoms with Gasteiger partial charge in [-0.25, -0.2) is 0 Å². The molecule has 142 valence electrons. The Bertz CT molecular complexity index is 808. The highest BCUT2D eigenvalue weighted by Crippen LogP contribution is 2.36. The zero-order chi connectivity index (χ0) is 19.4. The summed E-state index contributed by atoms with van der Waals surface area (Å²) < 4.78 is 5.80. The van der Waals surface area contributed by atoms with Gasteiger partial charge in [0.2, 0.25) is 0 Å². The van der Waals surface area contributed by atoms with Crippen molar-refractivity contribution in [1.29, 1.82) is 0 Å². The third-order valence-electron chi connectivity index (χ3n) is 4.82. The Morgan fingerprint density at radius 2 is 1.63 bits per heavy atom. The van der Waals surface area contributed by atoms with Crippen LogP contribution in [0.3, 0.4) is 0 Å². The van der Waals surface area contributed by atoms with Gasteiger partial charge >= 0.3 is 0 Å². The molecule has 0 spiro atoms. The van der Waals surface area contributed by atoms with Crippen LogP contribution in [0.2, 0.25) is 0 Å². The van der Waals surface area contributed by atoms with Gasteiger partial charge < -0.3 is 10.1 Å². The highest BCUT2D eigenvalue weighted by Gasteiger charge is 2.14. The number of allylic oxidation sites excluding steroid dienone is 1. The van der Waals surface area contributed by atoms with E-state index in [4.69, 9.17) is 15.0 Å². The summed E-state index contributed by atoms with van der Waals surface area (Å²) in [6, 6.07) is 16.8. The second-order valence-electron chi connectivity index (χ2n) is 7.70. The number of para-hydroxylation sites is 1. The van der Waals surface area contributed by atoms with Crippen LogP contribution in [0.15, 0.2) is 65.5 Å². The molecule has 0 saturated carbocycles. The molecule has 2 aromatic carbocycles. The van der Waals surface area contributed by atoms with Gasteiger partial charge in [0.25, 0.3) is 0 Å². The zero-order valence-electron chi connectivity index (χ0n) is 16.9. The third-order valence-corrected chi connectivity index (χ3v) is 4.82. The Morgan fingerprint density at radius 1 is 1.00 bits per heavy atom. The first-order valence-corrected chi connectivity index (χ1v) is 9.74. The van der Waals surface area contributed by atoms with E-state index in [2.05, 4.69) is 58.0 Å². The molecule has 0 unspecified atom stereocenters. The molecule has 3 rings (SSSR count). The van der Waals surface area contributed by atoms with Crippen molar-refractivity contribution in [3.8, 4) is 0 Å². The van der Waals surface area contributed by atoms with Gasteiger partial charge in [-0.05, 0) is 36.0 Å². The highest BCUT2D eigenvalue weighted by molar-refractivity contribution is 5.96. The highest BCUT2D eigenvalue weighted by atomic mass is 16.5. The lowest BCUT2D eigenvalue weighted by molar-refractivity contribution is 0.257. The topological polar surface area (TPSA) is 35.7 Å². The Balaban J connectivity index is 1.85. The summed E-state index contributed by atoms with van der Waals surface area (Å²) in [6.45, 7) is 11.5. The molecule has 2 aromatic rings. The van der Waals surface area contributed by atoms with Gasteiger partial charge in [-0.1, -0.05) is 87.8 Å². The number of ether oxygens (including phenoxy) is 1. The van der Waals surface area contributed by atoms with Crippen molar-refractivity contribution < 1.29 is 4.74 Å². The summed E-state index contributed by atoms with van der Waals surface area (Å²) in [5.74, 6) is 1.52. The third kappa shape index (κ3) is 4.60. The molecule has 1 heterocycles. The fourth-order valence-electron chi connectivity index (χ4n) is 3.35. The van der Waals surface area contributed by atoms with Crippen LogP contribution in [0, 0.1) is 0 Å². The van der Waals surface area contributed by atoms with Crippen LogP contribution in [0.1, 0.15) is 69.2 Å². The van der Waals surface area contributed by atoms with Gasteiger partial charge in [-0.15, -0.1) is 0 Å². The van der Waals surface area contributed by atoms with Gasteiger partial charge in [-0.2, -0.15) is 0 Å². The Kier molecular flexibility index (Phi) is 6.00. The molecular formula is C24H29N2O-. The van der Waals surface area contributed by atoms with Gasteiger partial charge in [0.05, 0.1) is 12.3 Å². The van der Waals surface area contributed by atoms with E-state index in [9.17, 15) is 0 Å². The predicted octanol–water partition coefficient (Wildman–Crippen LogP) is 7.01. The molecular weight excluding hydrogens is 332 g/mol. The van der Waals surface area contributed by atoms with Crippen molar-refractivity contribution in [3.63, 3.8) is 0 Å². The van der Waals surface area contributed by atoms with E-state index in [1.807, 2.05) is 31.2 Å². The number of aliphatic imine (C=N–C) groups is 1. The maximum Gasteiger partial charge on any atom is 0.0763 e. The van der Waals surface area contributed by atoms with Crippen LogP contribution in [0.4, 0.5) is 5.69 Å². The fourth-order valence-corrected chi connectivity index (χ4v) is 3.35. The van der Waals surface area contributed by atoms with Crippen LogP contribution in [0.5, 0.6) is 0 Å². The maximum atomic E-state index is 5.80. The Morgan fingerprint density at radius 3 is 2.22 bits per heavy atom. The van der Waals surface area contributed by atoms with Crippen LogP contribution >= 0.6 is 0 Å². The van der Waals surface area contributed by atoms with E-state index < -0.39 is 0 Å². The summed E-state index contributed by atoms with van der Waals surface area (Å²) in [4.78, 5) is 4.96. The lowest BCUT2D eigenvalue weighted by atomic mass is 9.93. The van der Waals surface area contributed by atoms with Crippen molar-refractivity contribution in [2.45, 2.75) is 52.5 Å². The van der Waals surface area contributed by atoms with Crippen molar-refractivity contribution in [1.82, 2.24) is 0 Å². The quantitative estimate of drug-likeness (QED) is 0.527. The molecule has 1 aliphatic rings. The second kappa shape index (κ2) is 8.43. The van der Waals surface area contributed by atoms with E-state index in [-0.39, 0.29) is 6.04 Å². The maximum absolute atomic E-state index is 5.80. The smallest absolute Gasteiger partial charge is 0.0763 e. The Hall–Kier alpha value is -2.55. The SMILES string of the molecule is CC(/C=C1/[N-][C@@H](c2ccccc2)CO1)=Nc1c(C(C)C)cccc1C(C)C. The largest absolute Gasteiger partial charge is 0.645 e. The van der Waals surface area contributed by atoms with Crippen LogP contribution in [-0.2, 0) is 4.74 Å². The average molecular weight is 362 g/mol. The van der Waals surface area contributed by atoms with Crippen molar-refractivity contribution >= 4 is 11.4 Å². The lowest BCUT2D eigenvalue weighted by Gasteiger charge is -2.21. The summed E-state index contributed by atoms with van der Waals surface area (Å²) in [7, 11) is 0. The molecule has 1 aliphatic heterocycles. The van der Waals surface area contributed by atoms with Gasteiger partial charge in [0, 0.05) is 11.6 Å². The number of rotatable bonds is 5. The van der Waals surface area contributed by atoms with E-state index in [0.717, 1.165) is 11.4 Å². The summed E-state index contributed by atoms with van der Waals surface area (Å²) >= 11 is 0. The van der Waals surface area contributed by atoms with E-state index in [0.29, 0.717) is 24.3 Å². The van der Waals surface area contributed by atoms with Crippen molar-refractivity contribution in [2.75, 3.05) is 6.61 Å². The zero-order valence-corrected chi connectivity index (χ0v) is 16.9. The number of benzene rings is 2. The van der Waals surface area contributed by atoms with E-state index in [1.165, 1.54) is 16.7 Å². The average Bonchev–Trinajstić information content (AvgIpc) is 3.10. The molecule has 0 aromatic heterocycles. The lowest BCUT2D eigenvalue weighted by Crippen LogP contribution is -1.97. The molecule has 1 saturated heterocycles. The van der Waals surface area contributed by atoms with E-state index >= 15 is 0 Å². The minimum absolute atomic E-state index is 0.0689. The molecule has 0 N–H and O–H groups in total. The molecule has 3 nitrogen and oxygen atoms in total. The van der Waals surface area contributed by atoms with Gasteiger partial charge in [0.15, 0.2) is 0 Å².